The van der Waals surface area contributed by atoms with Gasteiger partial charge in [-0.15, -0.1) is 0 Å². The lowest BCUT2D eigenvalue weighted by atomic mass is 9.90. The molecule has 2 nitrogen and oxygen atoms in total. The number of nitrogens with zero attached hydrogens (tertiary/aromatic N) is 1. The number of piperidine rings is 1. The highest BCUT2D eigenvalue weighted by atomic mass is 15.1. The van der Waals surface area contributed by atoms with E-state index in [0.29, 0.717) is 6.04 Å². The third-order valence-corrected chi connectivity index (χ3v) is 4.28. The third kappa shape index (κ3) is 3.56. The molecule has 1 aliphatic heterocycles. The molecular formula is C16H26N2. The Morgan fingerprint density at radius 2 is 2.06 bits per heavy atom. The van der Waals surface area contributed by atoms with Crippen LogP contribution in [0.5, 0.6) is 0 Å². The smallest absolute Gasteiger partial charge is 0.0233 e. The van der Waals surface area contributed by atoms with Crippen LogP contribution in [0.4, 0.5) is 0 Å². The summed E-state index contributed by atoms with van der Waals surface area (Å²) in [5, 5.41) is 3.39. The number of hydrogen-bond acceptors (Lipinski definition) is 2. The molecule has 0 spiro atoms. The summed E-state index contributed by atoms with van der Waals surface area (Å²) in [6, 6.07) is 9.55. The van der Waals surface area contributed by atoms with Crippen LogP contribution in [-0.2, 0) is 6.54 Å². The Labute approximate surface area is 111 Å². The Bertz CT molecular complexity index is 367. The first-order valence-electron chi connectivity index (χ1n) is 7.14. The molecule has 1 heterocycles. The second kappa shape index (κ2) is 6.35. The molecule has 1 N–H and O–H groups in total. The van der Waals surface area contributed by atoms with Crippen molar-refractivity contribution in [3.63, 3.8) is 0 Å². The van der Waals surface area contributed by atoms with Gasteiger partial charge in [-0.25, -0.2) is 0 Å². The molecule has 18 heavy (non-hydrogen) atoms. The monoisotopic (exact) mass is 246 g/mol. The lowest BCUT2D eigenvalue weighted by Gasteiger charge is -2.34. The quantitative estimate of drug-likeness (QED) is 0.879. The predicted molar refractivity (Wildman–Crippen MR) is 77.7 cm³/mol. The summed E-state index contributed by atoms with van der Waals surface area (Å²) >= 11 is 0. The van der Waals surface area contributed by atoms with Gasteiger partial charge in [0.15, 0.2) is 0 Å². The van der Waals surface area contributed by atoms with Crippen molar-refractivity contribution >= 4 is 0 Å². The van der Waals surface area contributed by atoms with Crippen molar-refractivity contribution in [3.8, 4) is 0 Å². The molecule has 1 atom stereocenters. The van der Waals surface area contributed by atoms with E-state index < -0.39 is 0 Å². The zero-order valence-corrected chi connectivity index (χ0v) is 11.9. The van der Waals surface area contributed by atoms with Crippen molar-refractivity contribution in [2.75, 3.05) is 20.1 Å². The Hall–Kier alpha value is -0.860. The van der Waals surface area contributed by atoms with E-state index in [4.69, 9.17) is 0 Å². The van der Waals surface area contributed by atoms with Crippen LogP contribution >= 0.6 is 0 Å². The number of aryl methyl sites for hydroxylation is 1. The molecule has 0 aromatic heterocycles. The number of likely N-dealkylation sites (tertiary alicyclic amines) is 1. The molecule has 2 rings (SSSR count). The second-order valence-corrected chi connectivity index (χ2v) is 5.68. The first-order valence-corrected chi connectivity index (χ1v) is 7.14. The lowest BCUT2D eigenvalue weighted by molar-refractivity contribution is 0.159. The average molecular weight is 246 g/mol. The van der Waals surface area contributed by atoms with Crippen LogP contribution in [0.15, 0.2) is 24.3 Å². The zero-order valence-electron chi connectivity index (χ0n) is 11.9. The van der Waals surface area contributed by atoms with Crippen molar-refractivity contribution in [2.45, 2.75) is 39.3 Å². The van der Waals surface area contributed by atoms with Gasteiger partial charge in [0, 0.05) is 12.6 Å². The summed E-state index contributed by atoms with van der Waals surface area (Å²) < 4.78 is 0. The maximum absolute atomic E-state index is 3.39. The highest BCUT2D eigenvalue weighted by molar-refractivity contribution is 5.22. The Balaban J connectivity index is 1.83. The minimum Gasteiger partial charge on any atom is -0.317 e. The number of benzene rings is 1. The maximum atomic E-state index is 3.39. The fourth-order valence-electron chi connectivity index (χ4n) is 2.92. The molecule has 0 aliphatic carbocycles. The molecule has 0 saturated carbocycles. The van der Waals surface area contributed by atoms with Crippen LogP contribution in [0.25, 0.3) is 0 Å². The predicted octanol–water partition coefficient (Wildman–Crippen LogP) is 2.81. The van der Waals surface area contributed by atoms with Gasteiger partial charge in [0.1, 0.15) is 0 Å². The van der Waals surface area contributed by atoms with Gasteiger partial charge in [0.25, 0.3) is 0 Å². The molecule has 1 aromatic carbocycles. The van der Waals surface area contributed by atoms with Gasteiger partial charge in [-0.2, -0.15) is 0 Å². The van der Waals surface area contributed by atoms with E-state index >= 15 is 0 Å². The first-order chi connectivity index (χ1) is 8.69. The lowest BCUT2D eigenvalue weighted by Crippen LogP contribution is -2.40. The summed E-state index contributed by atoms with van der Waals surface area (Å²) in [5.74, 6) is 0.851. The summed E-state index contributed by atoms with van der Waals surface area (Å²) in [6.45, 7) is 8.07. The van der Waals surface area contributed by atoms with Gasteiger partial charge < -0.3 is 5.32 Å². The highest BCUT2D eigenvalue weighted by Crippen LogP contribution is 2.21. The highest BCUT2D eigenvalue weighted by Gasteiger charge is 2.22. The molecule has 1 aromatic rings. The molecule has 1 unspecified atom stereocenters. The van der Waals surface area contributed by atoms with Crippen molar-refractivity contribution in [1.82, 2.24) is 10.2 Å². The molecule has 0 amide bonds. The van der Waals surface area contributed by atoms with Crippen LogP contribution in [0.1, 0.15) is 30.9 Å². The molecule has 1 aliphatic rings. The average Bonchev–Trinajstić information content (AvgIpc) is 2.39. The molecule has 0 bridgehead atoms. The second-order valence-electron chi connectivity index (χ2n) is 5.68. The van der Waals surface area contributed by atoms with Crippen LogP contribution in [-0.4, -0.2) is 31.1 Å². The molecule has 1 fully saturated rings. The molecule has 2 heteroatoms. The topological polar surface area (TPSA) is 15.3 Å². The van der Waals surface area contributed by atoms with Gasteiger partial charge in [0.05, 0.1) is 0 Å². The van der Waals surface area contributed by atoms with Gasteiger partial charge in [-0.3, -0.25) is 4.90 Å². The number of hydrogen-bond donors (Lipinski definition) is 1. The molecule has 0 radical (unpaired) electrons. The summed E-state index contributed by atoms with van der Waals surface area (Å²) in [4.78, 5) is 2.59. The van der Waals surface area contributed by atoms with Crippen molar-refractivity contribution < 1.29 is 0 Å². The van der Waals surface area contributed by atoms with E-state index in [1.807, 2.05) is 0 Å². The summed E-state index contributed by atoms with van der Waals surface area (Å²) in [5.41, 5.74) is 2.82. The largest absolute Gasteiger partial charge is 0.317 e. The summed E-state index contributed by atoms with van der Waals surface area (Å²) in [7, 11) is 2.07. The van der Waals surface area contributed by atoms with Gasteiger partial charge in [-0.1, -0.05) is 29.8 Å². The van der Waals surface area contributed by atoms with Gasteiger partial charge >= 0.3 is 0 Å². The van der Waals surface area contributed by atoms with Crippen molar-refractivity contribution in [2.24, 2.45) is 5.92 Å². The van der Waals surface area contributed by atoms with Crippen LogP contribution in [0.3, 0.4) is 0 Å². The van der Waals surface area contributed by atoms with E-state index in [1.165, 1.54) is 37.1 Å². The summed E-state index contributed by atoms with van der Waals surface area (Å²) in [6.07, 6.45) is 2.65. The molecular weight excluding hydrogens is 220 g/mol. The van der Waals surface area contributed by atoms with Crippen LogP contribution in [0.2, 0.25) is 0 Å². The van der Waals surface area contributed by atoms with E-state index in [-0.39, 0.29) is 0 Å². The van der Waals surface area contributed by atoms with Crippen molar-refractivity contribution in [1.29, 1.82) is 0 Å². The van der Waals surface area contributed by atoms with Crippen LogP contribution in [0, 0.1) is 12.8 Å². The number of rotatable bonds is 4. The van der Waals surface area contributed by atoms with Gasteiger partial charge in [0.2, 0.25) is 0 Å². The molecule has 100 valence electrons. The normalized spacial score (nSPS) is 19.9. The minimum absolute atomic E-state index is 0.658. The third-order valence-electron chi connectivity index (χ3n) is 4.28. The first kappa shape index (κ1) is 13.6. The van der Waals surface area contributed by atoms with Crippen molar-refractivity contribution in [3.05, 3.63) is 35.4 Å². The standard InChI is InChI=1S/C16H26N2/c1-13-5-4-6-15(11-13)12-18-9-7-16(8-10-18)14(2)17-3/h4-6,11,14,16-17H,7-10,12H2,1-3H3. The van der Waals surface area contributed by atoms with Crippen LogP contribution < -0.4 is 5.32 Å². The van der Waals surface area contributed by atoms with E-state index in [2.05, 4.69) is 55.4 Å². The minimum atomic E-state index is 0.658. The fourth-order valence-corrected chi connectivity index (χ4v) is 2.92. The zero-order chi connectivity index (χ0) is 13.0. The Morgan fingerprint density at radius 3 is 2.67 bits per heavy atom. The molecule has 1 saturated heterocycles. The number of nitrogens with one attached hydrogen (secondary N) is 1. The van der Waals surface area contributed by atoms with Gasteiger partial charge in [-0.05, 0) is 58.3 Å². The Kier molecular flexibility index (Phi) is 4.79. The van der Waals surface area contributed by atoms with E-state index in [9.17, 15) is 0 Å². The fraction of sp³-hybridized carbons (Fsp3) is 0.625. The Morgan fingerprint density at radius 1 is 1.33 bits per heavy atom. The maximum Gasteiger partial charge on any atom is 0.0233 e. The SMILES string of the molecule is CNC(C)C1CCN(Cc2cccc(C)c2)CC1. The van der Waals surface area contributed by atoms with E-state index in [1.54, 1.807) is 0 Å². The van der Waals surface area contributed by atoms with E-state index in [0.717, 1.165) is 12.5 Å².